The second-order valence-electron chi connectivity index (χ2n) is 6.38. The molecule has 0 aliphatic carbocycles. The molecule has 0 saturated carbocycles. The molecule has 21 heavy (non-hydrogen) atoms. The van der Waals surface area contributed by atoms with E-state index in [1.165, 1.54) is 0 Å². The Balaban J connectivity index is 2.56. The van der Waals surface area contributed by atoms with Crippen LogP contribution in [-0.4, -0.2) is 10.9 Å². The molecule has 1 atom stereocenters. The van der Waals surface area contributed by atoms with Gasteiger partial charge in [0, 0.05) is 17.0 Å². The second-order valence-corrected chi connectivity index (χ2v) is 6.38. The van der Waals surface area contributed by atoms with Gasteiger partial charge in [-0.1, -0.05) is 58.0 Å². The highest BCUT2D eigenvalue weighted by molar-refractivity contribution is 5.94. The van der Waals surface area contributed by atoms with Gasteiger partial charge in [-0.25, -0.2) is 0 Å². The van der Waals surface area contributed by atoms with E-state index in [-0.39, 0.29) is 11.3 Å². The van der Waals surface area contributed by atoms with Crippen molar-refractivity contribution in [2.24, 2.45) is 5.73 Å². The molecular weight excluding hydrogens is 260 g/mol. The molecule has 3 nitrogen and oxygen atoms in total. The summed E-state index contributed by atoms with van der Waals surface area (Å²) in [6.07, 6.45) is 0. The summed E-state index contributed by atoms with van der Waals surface area (Å²) in [6.45, 7) is 8.37. The molecule has 0 fully saturated rings. The van der Waals surface area contributed by atoms with Gasteiger partial charge in [0.15, 0.2) is 0 Å². The first kappa shape index (κ1) is 15.2. The SMILES string of the molecule is CC(c1ccccc1)c1nc(C(C)(C)C)ccc1C(N)=O. The van der Waals surface area contributed by atoms with Crippen LogP contribution in [-0.2, 0) is 5.41 Å². The highest BCUT2D eigenvalue weighted by Gasteiger charge is 2.22. The normalized spacial score (nSPS) is 13.0. The van der Waals surface area contributed by atoms with E-state index in [2.05, 4.69) is 27.7 Å². The number of aromatic nitrogens is 1. The van der Waals surface area contributed by atoms with Gasteiger partial charge >= 0.3 is 0 Å². The van der Waals surface area contributed by atoms with Crippen LogP contribution in [0.3, 0.4) is 0 Å². The van der Waals surface area contributed by atoms with Crippen molar-refractivity contribution in [2.45, 2.75) is 39.0 Å². The predicted octanol–water partition coefficient (Wildman–Crippen LogP) is 3.63. The molecular formula is C18H22N2O. The van der Waals surface area contributed by atoms with Crippen LogP contribution < -0.4 is 5.73 Å². The van der Waals surface area contributed by atoms with E-state index in [9.17, 15) is 4.79 Å². The number of benzene rings is 1. The maximum absolute atomic E-state index is 11.7. The Bertz CT molecular complexity index is 642. The summed E-state index contributed by atoms with van der Waals surface area (Å²) in [4.78, 5) is 16.4. The molecule has 0 saturated heterocycles. The molecule has 1 amide bonds. The smallest absolute Gasteiger partial charge is 0.250 e. The standard InChI is InChI=1S/C18H22N2O/c1-12(13-8-6-5-7-9-13)16-14(17(19)21)10-11-15(20-16)18(2,3)4/h5-12H,1-4H3,(H2,19,21). The van der Waals surface area contributed by atoms with Crippen molar-refractivity contribution in [2.75, 3.05) is 0 Å². The summed E-state index contributed by atoms with van der Waals surface area (Å²) in [5.41, 5.74) is 8.78. The third kappa shape index (κ3) is 3.30. The topological polar surface area (TPSA) is 56.0 Å². The number of carbonyl (C=O) groups excluding carboxylic acids is 1. The number of carbonyl (C=O) groups is 1. The molecule has 0 bridgehead atoms. The minimum Gasteiger partial charge on any atom is -0.366 e. The van der Waals surface area contributed by atoms with Crippen molar-refractivity contribution >= 4 is 5.91 Å². The number of rotatable bonds is 3. The van der Waals surface area contributed by atoms with Crippen LogP contribution in [0.1, 0.15) is 60.9 Å². The minimum atomic E-state index is -0.430. The minimum absolute atomic E-state index is 0.0241. The molecule has 2 N–H and O–H groups in total. The van der Waals surface area contributed by atoms with Gasteiger partial charge in [0.1, 0.15) is 0 Å². The average molecular weight is 282 g/mol. The Morgan fingerprint density at radius 3 is 2.24 bits per heavy atom. The summed E-state index contributed by atoms with van der Waals surface area (Å²) in [6, 6.07) is 13.7. The lowest BCUT2D eigenvalue weighted by Gasteiger charge is -2.22. The van der Waals surface area contributed by atoms with Crippen molar-refractivity contribution in [3.63, 3.8) is 0 Å². The van der Waals surface area contributed by atoms with Gasteiger partial charge in [-0.2, -0.15) is 0 Å². The van der Waals surface area contributed by atoms with E-state index >= 15 is 0 Å². The van der Waals surface area contributed by atoms with Crippen molar-refractivity contribution < 1.29 is 4.79 Å². The number of hydrogen-bond acceptors (Lipinski definition) is 2. The third-order valence-electron chi connectivity index (χ3n) is 3.67. The van der Waals surface area contributed by atoms with Crippen LogP contribution in [0.2, 0.25) is 0 Å². The number of amides is 1. The van der Waals surface area contributed by atoms with E-state index in [0.29, 0.717) is 5.56 Å². The zero-order chi connectivity index (χ0) is 15.6. The molecule has 0 aliphatic rings. The molecule has 1 unspecified atom stereocenters. The quantitative estimate of drug-likeness (QED) is 0.934. The van der Waals surface area contributed by atoms with Gasteiger partial charge in [0.2, 0.25) is 0 Å². The highest BCUT2D eigenvalue weighted by Crippen LogP contribution is 2.28. The first-order chi connectivity index (χ1) is 9.80. The zero-order valence-electron chi connectivity index (χ0n) is 13.1. The summed E-state index contributed by atoms with van der Waals surface area (Å²) in [5.74, 6) is -0.406. The molecule has 0 spiro atoms. The molecule has 1 heterocycles. The summed E-state index contributed by atoms with van der Waals surface area (Å²) in [7, 11) is 0. The van der Waals surface area contributed by atoms with E-state index in [1.54, 1.807) is 6.07 Å². The fraction of sp³-hybridized carbons (Fsp3) is 0.333. The van der Waals surface area contributed by atoms with Crippen molar-refractivity contribution in [1.82, 2.24) is 4.98 Å². The largest absolute Gasteiger partial charge is 0.366 e. The molecule has 1 aromatic heterocycles. The van der Waals surface area contributed by atoms with Gasteiger partial charge < -0.3 is 5.73 Å². The third-order valence-corrected chi connectivity index (χ3v) is 3.67. The predicted molar refractivity (Wildman–Crippen MR) is 85.4 cm³/mol. The lowest BCUT2D eigenvalue weighted by atomic mass is 9.88. The first-order valence-electron chi connectivity index (χ1n) is 7.17. The first-order valence-corrected chi connectivity index (χ1v) is 7.17. The van der Waals surface area contributed by atoms with Crippen LogP contribution in [0.25, 0.3) is 0 Å². The number of primary amides is 1. The number of pyridine rings is 1. The van der Waals surface area contributed by atoms with Crippen LogP contribution in [0, 0.1) is 0 Å². The summed E-state index contributed by atoms with van der Waals surface area (Å²) >= 11 is 0. The van der Waals surface area contributed by atoms with Crippen LogP contribution in [0.5, 0.6) is 0 Å². The lowest BCUT2D eigenvalue weighted by molar-refractivity contribution is 0.0998. The number of nitrogens with zero attached hydrogens (tertiary/aromatic N) is 1. The highest BCUT2D eigenvalue weighted by atomic mass is 16.1. The monoisotopic (exact) mass is 282 g/mol. The Morgan fingerprint density at radius 1 is 1.10 bits per heavy atom. The van der Waals surface area contributed by atoms with E-state index in [0.717, 1.165) is 17.0 Å². The average Bonchev–Trinajstić information content (AvgIpc) is 2.45. The zero-order valence-corrected chi connectivity index (χ0v) is 13.1. The lowest BCUT2D eigenvalue weighted by Crippen LogP contribution is -2.21. The van der Waals surface area contributed by atoms with Crippen molar-refractivity contribution in [3.05, 3.63) is 65.0 Å². The Hall–Kier alpha value is -2.16. The fourth-order valence-corrected chi connectivity index (χ4v) is 2.33. The van der Waals surface area contributed by atoms with Gasteiger partial charge in [0.25, 0.3) is 5.91 Å². The van der Waals surface area contributed by atoms with Crippen LogP contribution in [0.4, 0.5) is 0 Å². The van der Waals surface area contributed by atoms with Gasteiger partial charge in [-0.15, -0.1) is 0 Å². The molecule has 2 rings (SSSR count). The maximum Gasteiger partial charge on any atom is 0.250 e. The van der Waals surface area contributed by atoms with Gasteiger partial charge in [-0.05, 0) is 17.7 Å². The van der Waals surface area contributed by atoms with Gasteiger partial charge in [-0.3, -0.25) is 9.78 Å². The Kier molecular flexibility index (Phi) is 4.12. The maximum atomic E-state index is 11.7. The number of nitrogens with two attached hydrogens (primary N) is 1. The number of hydrogen-bond donors (Lipinski definition) is 1. The molecule has 110 valence electrons. The Labute approximate surface area is 126 Å². The molecule has 0 radical (unpaired) electrons. The fourth-order valence-electron chi connectivity index (χ4n) is 2.33. The molecule has 0 aliphatic heterocycles. The molecule has 1 aromatic carbocycles. The Morgan fingerprint density at radius 2 is 1.71 bits per heavy atom. The van der Waals surface area contributed by atoms with Crippen molar-refractivity contribution in [1.29, 1.82) is 0 Å². The van der Waals surface area contributed by atoms with Crippen molar-refractivity contribution in [3.8, 4) is 0 Å². The van der Waals surface area contributed by atoms with Crippen LogP contribution >= 0.6 is 0 Å². The second kappa shape index (κ2) is 5.68. The van der Waals surface area contributed by atoms with E-state index < -0.39 is 5.91 Å². The van der Waals surface area contributed by atoms with E-state index in [4.69, 9.17) is 10.7 Å². The molecule has 3 heteroatoms. The summed E-state index contributed by atoms with van der Waals surface area (Å²) < 4.78 is 0. The molecule has 2 aromatic rings. The van der Waals surface area contributed by atoms with Gasteiger partial charge in [0.05, 0.1) is 11.3 Å². The van der Waals surface area contributed by atoms with Crippen LogP contribution in [0.15, 0.2) is 42.5 Å². The van der Waals surface area contributed by atoms with E-state index in [1.807, 2.05) is 36.4 Å². The summed E-state index contributed by atoms with van der Waals surface area (Å²) in [5, 5.41) is 0.